The van der Waals surface area contributed by atoms with Crippen molar-refractivity contribution < 1.29 is 4.79 Å². The first-order chi connectivity index (χ1) is 12.0. The summed E-state index contributed by atoms with van der Waals surface area (Å²) < 4.78 is 1.84. The van der Waals surface area contributed by atoms with Crippen molar-refractivity contribution >= 4 is 6.03 Å². The number of likely N-dealkylation sites (tertiary alicyclic amines) is 1. The second kappa shape index (κ2) is 7.68. The minimum Gasteiger partial charge on any atom is -0.331 e. The number of aryl methyl sites for hydroxylation is 1. The van der Waals surface area contributed by atoms with Crippen LogP contribution in [0.1, 0.15) is 42.6 Å². The smallest absolute Gasteiger partial charge is 0.317 e. The molecule has 3 heterocycles. The van der Waals surface area contributed by atoms with E-state index in [-0.39, 0.29) is 12.1 Å². The van der Waals surface area contributed by atoms with Crippen molar-refractivity contribution in [3.8, 4) is 0 Å². The van der Waals surface area contributed by atoms with Crippen LogP contribution in [0.2, 0.25) is 0 Å². The predicted octanol–water partition coefficient (Wildman–Crippen LogP) is 2.85. The van der Waals surface area contributed by atoms with Gasteiger partial charge in [0.1, 0.15) is 0 Å². The van der Waals surface area contributed by atoms with E-state index >= 15 is 0 Å². The molecule has 1 N–H and O–H groups in total. The fraction of sp³-hybridized carbons (Fsp3) is 0.526. The molecular formula is C19H27N5O. The van der Waals surface area contributed by atoms with E-state index < -0.39 is 0 Å². The van der Waals surface area contributed by atoms with Crippen LogP contribution in [0, 0.1) is 12.8 Å². The molecule has 1 aliphatic heterocycles. The Labute approximate surface area is 149 Å². The predicted molar refractivity (Wildman–Crippen MR) is 97.1 cm³/mol. The molecule has 2 amide bonds. The van der Waals surface area contributed by atoms with E-state index in [1.807, 2.05) is 55.1 Å². The molecule has 0 spiro atoms. The van der Waals surface area contributed by atoms with Gasteiger partial charge in [0.05, 0.1) is 12.2 Å². The molecule has 0 bridgehead atoms. The number of carbonyl (C=O) groups is 1. The van der Waals surface area contributed by atoms with Crippen molar-refractivity contribution in [2.75, 3.05) is 13.1 Å². The second-order valence-corrected chi connectivity index (χ2v) is 6.98. The summed E-state index contributed by atoms with van der Waals surface area (Å²) in [6.07, 6.45) is 8.72. The second-order valence-electron chi connectivity index (χ2n) is 6.98. The first kappa shape index (κ1) is 17.5. The Hall–Kier alpha value is -2.37. The number of nitrogens with zero attached hydrogens (tertiary/aromatic N) is 4. The van der Waals surface area contributed by atoms with E-state index in [4.69, 9.17) is 0 Å². The van der Waals surface area contributed by atoms with Gasteiger partial charge in [0.25, 0.3) is 0 Å². The van der Waals surface area contributed by atoms with Crippen molar-refractivity contribution in [1.82, 2.24) is 25.0 Å². The van der Waals surface area contributed by atoms with Gasteiger partial charge in [0, 0.05) is 43.8 Å². The van der Waals surface area contributed by atoms with E-state index in [0.717, 1.165) is 43.6 Å². The highest BCUT2D eigenvalue weighted by Crippen LogP contribution is 2.22. The Bertz CT molecular complexity index is 704. The Morgan fingerprint density at radius 2 is 2.12 bits per heavy atom. The highest BCUT2D eigenvalue weighted by atomic mass is 16.2. The molecule has 1 saturated heterocycles. The van der Waals surface area contributed by atoms with E-state index in [1.54, 1.807) is 0 Å². The maximum atomic E-state index is 12.5. The number of aromatic nitrogens is 3. The number of rotatable bonds is 4. The monoisotopic (exact) mass is 341 g/mol. The first-order valence-corrected chi connectivity index (χ1v) is 8.97. The number of piperidine rings is 1. The number of pyridine rings is 1. The molecule has 6 heteroatoms. The molecular weight excluding hydrogens is 314 g/mol. The lowest BCUT2D eigenvalue weighted by atomic mass is 9.91. The molecule has 0 saturated carbocycles. The van der Waals surface area contributed by atoms with E-state index in [2.05, 4.69) is 21.5 Å². The van der Waals surface area contributed by atoms with Crippen LogP contribution in [-0.2, 0) is 13.5 Å². The summed E-state index contributed by atoms with van der Waals surface area (Å²) in [6, 6.07) is 4.11. The van der Waals surface area contributed by atoms with Crippen molar-refractivity contribution in [3.05, 3.63) is 47.5 Å². The largest absolute Gasteiger partial charge is 0.331 e. The van der Waals surface area contributed by atoms with Crippen LogP contribution in [0.25, 0.3) is 0 Å². The number of hydrogen-bond donors (Lipinski definition) is 1. The Morgan fingerprint density at radius 3 is 2.72 bits per heavy atom. The van der Waals surface area contributed by atoms with Gasteiger partial charge in [0.2, 0.25) is 0 Å². The first-order valence-electron chi connectivity index (χ1n) is 8.97. The fourth-order valence-electron chi connectivity index (χ4n) is 3.49. The number of nitrogens with one attached hydrogen (secondary N) is 1. The van der Waals surface area contributed by atoms with Crippen LogP contribution in [0.5, 0.6) is 0 Å². The van der Waals surface area contributed by atoms with Crippen molar-refractivity contribution in [2.45, 2.75) is 39.2 Å². The van der Waals surface area contributed by atoms with Crippen LogP contribution in [0.3, 0.4) is 0 Å². The zero-order chi connectivity index (χ0) is 17.8. The molecule has 134 valence electrons. The van der Waals surface area contributed by atoms with Crippen LogP contribution in [0.15, 0.2) is 30.7 Å². The summed E-state index contributed by atoms with van der Waals surface area (Å²) in [4.78, 5) is 18.7. The lowest BCUT2D eigenvalue weighted by molar-refractivity contribution is 0.167. The standard InChI is InChI=1S/C19H27N5O/c1-14(18-13-21-23(3)15(18)2)22-19(25)24-9-6-16(7-10-24)11-17-5-4-8-20-12-17/h4-5,8,12-14,16H,6-7,9-11H2,1-3H3,(H,22,25). The van der Waals surface area contributed by atoms with Gasteiger partial charge in [-0.25, -0.2) is 4.79 Å². The van der Waals surface area contributed by atoms with Gasteiger partial charge < -0.3 is 10.2 Å². The van der Waals surface area contributed by atoms with Crippen LogP contribution < -0.4 is 5.32 Å². The lowest BCUT2D eigenvalue weighted by Crippen LogP contribution is -2.45. The van der Waals surface area contributed by atoms with E-state index in [0.29, 0.717) is 5.92 Å². The minimum absolute atomic E-state index is 0.0237. The molecule has 1 unspecified atom stereocenters. The van der Waals surface area contributed by atoms with Gasteiger partial charge in [-0.2, -0.15) is 5.10 Å². The Balaban J connectivity index is 1.49. The van der Waals surface area contributed by atoms with Crippen LogP contribution in [-0.4, -0.2) is 38.8 Å². The van der Waals surface area contributed by atoms with Crippen molar-refractivity contribution in [1.29, 1.82) is 0 Å². The third kappa shape index (κ3) is 4.18. The van der Waals surface area contributed by atoms with Gasteiger partial charge in [0.15, 0.2) is 0 Å². The molecule has 2 aromatic rings. The lowest BCUT2D eigenvalue weighted by Gasteiger charge is -2.33. The van der Waals surface area contributed by atoms with Gasteiger partial charge in [-0.05, 0) is 50.7 Å². The maximum absolute atomic E-state index is 12.5. The molecule has 3 rings (SSSR count). The average Bonchev–Trinajstić information content (AvgIpc) is 2.95. The number of carbonyl (C=O) groups excluding carboxylic acids is 1. The van der Waals surface area contributed by atoms with Gasteiger partial charge in [-0.15, -0.1) is 0 Å². The summed E-state index contributed by atoms with van der Waals surface area (Å²) >= 11 is 0. The van der Waals surface area contributed by atoms with Gasteiger partial charge in [-0.1, -0.05) is 6.07 Å². The maximum Gasteiger partial charge on any atom is 0.317 e. The molecule has 25 heavy (non-hydrogen) atoms. The number of amides is 2. The molecule has 0 aromatic carbocycles. The summed E-state index contributed by atoms with van der Waals surface area (Å²) in [5.41, 5.74) is 3.44. The fourth-order valence-corrected chi connectivity index (χ4v) is 3.49. The molecule has 6 nitrogen and oxygen atoms in total. The number of urea groups is 1. The zero-order valence-corrected chi connectivity index (χ0v) is 15.3. The summed E-state index contributed by atoms with van der Waals surface area (Å²) in [6.45, 7) is 5.66. The molecule has 1 aliphatic rings. The van der Waals surface area contributed by atoms with Gasteiger partial charge >= 0.3 is 6.03 Å². The molecule has 0 radical (unpaired) electrons. The average molecular weight is 341 g/mol. The zero-order valence-electron chi connectivity index (χ0n) is 15.3. The normalized spacial score (nSPS) is 16.7. The Morgan fingerprint density at radius 1 is 1.36 bits per heavy atom. The molecule has 1 fully saturated rings. The van der Waals surface area contributed by atoms with E-state index in [1.165, 1.54) is 5.56 Å². The summed E-state index contributed by atoms with van der Waals surface area (Å²) in [5.74, 6) is 0.631. The van der Waals surface area contributed by atoms with E-state index in [9.17, 15) is 4.79 Å². The molecule has 2 aromatic heterocycles. The topological polar surface area (TPSA) is 63.1 Å². The third-order valence-electron chi connectivity index (χ3n) is 5.23. The summed E-state index contributed by atoms with van der Waals surface area (Å²) in [5, 5.41) is 7.36. The minimum atomic E-state index is -0.0330. The van der Waals surface area contributed by atoms with Crippen LogP contribution >= 0.6 is 0 Å². The third-order valence-corrected chi connectivity index (χ3v) is 5.23. The number of hydrogen-bond acceptors (Lipinski definition) is 3. The Kier molecular flexibility index (Phi) is 5.36. The van der Waals surface area contributed by atoms with Crippen LogP contribution in [0.4, 0.5) is 4.79 Å². The van der Waals surface area contributed by atoms with Crippen molar-refractivity contribution in [2.24, 2.45) is 13.0 Å². The SMILES string of the molecule is Cc1c(C(C)NC(=O)N2CCC(Cc3cccnc3)CC2)cnn1C. The highest BCUT2D eigenvalue weighted by molar-refractivity contribution is 5.74. The highest BCUT2D eigenvalue weighted by Gasteiger charge is 2.24. The summed E-state index contributed by atoms with van der Waals surface area (Å²) in [7, 11) is 1.92. The quantitative estimate of drug-likeness (QED) is 0.930. The van der Waals surface area contributed by atoms with Gasteiger partial charge in [-0.3, -0.25) is 9.67 Å². The van der Waals surface area contributed by atoms with Crippen molar-refractivity contribution in [3.63, 3.8) is 0 Å². The molecule has 0 aliphatic carbocycles. The molecule has 1 atom stereocenters.